The quantitative estimate of drug-likeness (QED) is 0.632. The summed E-state index contributed by atoms with van der Waals surface area (Å²) >= 11 is 0. The molecule has 0 fully saturated rings. The topological polar surface area (TPSA) is 82.7 Å². The van der Waals surface area contributed by atoms with Gasteiger partial charge in [0, 0.05) is 0 Å². The van der Waals surface area contributed by atoms with Crippen molar-refractivity contribution >= 4 is 0 Å². The molecule has 1 N–H and O–H groups in total. The second kappa shape index (κ2) is 8.53. The zero-order valence-electron chi connectivity index (χ0n) is 15.2. The van der Waals surface area contributed by atoms with Crippen LogP contribution in [0, 0.1) is 5.82 Å². The van der Waals surface area contributed by atoms with Crippen LogP contribution in [0.4, 0.5) is 4.39 Å². The normalized spacial score (nSPS) is 10.8. The fourth-order valence-electron chi connectivity index (χ4n) is 2.64. The lowest BCUT2D eigenvalue weighted by molar-refractivity contribution is 0.0469. The van der Waals surface area contributed by atoms with Crippen LogP contribution in [0.2, 0.25) is 0 Å². The number of benzene rings is 2. The molecule has 0 atom stereocenters. The minimum atomic E-state index is -0.979. The average Bonchev–Trinajstić information content (AvgIpc) is 2.71. The van der Waals surface area contributed by atoms with Crippen molar-refractivity contribution in [3.8, 4) is 11.6 Å². The molecule has 3 rings (SSSR count). The summed E-state index contributed by atoms with van der Waals surface area (Å²) in [7, 11) is 0. The standard InChI is InChI=1S/C20H19FN2O5/c1-2-17-18(24)23(26)20(25)22(19(17)28-16-6-4-3-5-7-16)13-27-12-14-8-10-15(21)11-9-14/h3-11,26H,2,12-13H2,1H3. The third-order valence-electron chi connectivity index (χ3n) is 4.08. The largest absolute Gasteiger partial charge is 0.440 e. The first kappa shape index (κ1) is 19.4. The summed E-state index contributed by atoms with van der Waals surface area (Å²) in [5.74, 6) is 0.0746. The Morgan fingerprint density at radius 2 is 1.71 bits per heavy atom. The van der Waals surface area contributed by atoms with E-state index in [1.54, 1.807) is 49.4 Å². The van der Waals surface area contributed by atoms with Crippen LogP contribution in [-0.4, -0.2) is 14.5 Å². The van der Waals surface area contributed by atoms with E-state index in [9.17, 15) is 19.2 Å². The van der Waals surface area contributed by atoms with Crippen molar-refractivity contribution in [1.82, 2.24) is 9.30 Å². The molecule has 1 heterocycles. The van der Waals surface area contributed by atoms with Gasteiger partial charge in [0.1, 0.15) is 18.3 Å². The summed E-state index contributed by atoms with van der Waals surface area (Å²) in [6, 6.07) is 14.4. The van der Waals surface area contributed by atoms with Crippen molar-refractivity contribution in [3.63, 3.8) is 0 Å². The number of ether oxygens (including phenoxy) is 2. The number of aromatic nitrogens is 2. The Morgan fingerprint density at radius 1 is 1.04 bits per heavy atom. The lowest BCUT2D eigenvalue weighted by Gasteiger charge is -2.17. The fraction of sp³-hybridized carbons (Fsp3) is 0.200. The molecular formula is C20H19FN2O5. The minimum Gasteiger partial charge on any atom is -0.440 e. The van der Waals surface area contributed by atoms with Crippen LogP contribution < -0.4 is 16.0 Å². The van der Waals surface area contributed by atoms with Crippen LogP contribution in [0.1, 0.15) is 18.1 Å². The Morgan fingerprint density at radius 3 is 2.36 bits per heavy atom. The highest BCUT2D eigenvalue weighted by molar-refractivity contribution is 5.31. The van der Waals surface area contributed by atoms with Crippen LogP contribution in [-0.2, 0) is 24.5 Å². The SMILES string of the molecule is CCc1c(Oc2ccccc2)n(COCc2ccc(F)cc2)c(=O)n(O)c1=O. The van der Waals surface area contributed by atoms with Gasteiger partial charge in [-0.2, -0.15) is 0 Å². The molecule has 2 aromatic carbocycles. The van der Waals surface area contributed by atoms with Crippen molar-refractivity contribution in [2.45, 2.75) is 26.7 Å². The zero-order chi connectivity index (χ0) is 20.1. The maximum atomic E-state index is 13.0. The molecule has 0 bridgehead atoms. The number of hydrogen-bond acceptors (Lipinski definition) is 5. The molecule has 8 heteroatoms. The third kappa shape index (κ3) is 4.12. The number of nitrogens with zero attached hydrogens (tertiary/aromatic N) is 2. The van der Waals surface area contributed by atoms with Crippen molar-refractivity contribution in [3.05, 3.63) is 92.4 Å². The molecule has 0 spiro atoms. The number of halogens is 1. The first-order valence-corrected chi connectivity index (χ1v) is 8.64. The minimum absolute atomic E-state index is 0.00751. The molecule has 0 saturated heterocycles. The third-order valence-corrected chi connectivity index (χ3v) is 4.08. The fourth-order valence-corrected chi connectivity index (χ4v) is 2.64. The van der Waals surface area contributed by atoms with Crippen LogP contribution in [0.15, 0.2) is 64.2 Å². The number of para-hydroxylation sites is 1. The molecule has 1 aromatic heterocycles. The summed E-state index contributed by atoms with van der Waals surface area (Å²) in [6.07, 6.45) is 0.236. The molecule has 0 aliphatic heterocycles. The number of hydrogen-bond donors (Lipinski definition) is 1. The zero-order valence-corrected chi connectivity index (χ0v) is 15.2. The maximum Gasteiger partial charge on any atom is 0.369 e. The second-order valence-electron chi connectivity index (χ2n) is 5.98. The Labute approximate surface area is 159 Å². The molecule has 28 heavy (non-hydrogen) atoms. The summed E-state index contributed by atoms with van der Waals surface area (Å²) in [4.78, 5) is 24.7. The molecule has 3 aromatic rings. The summed E-state index contributed by atoms with van der Waals surface area (Å²) in [5.41, 5.74) is -0.982. The van der Waals surface area contributed by atoms with Crippen molar-refractivity contribution < 1.29 is 19.1 Å². The van der Waals surface area contributed by atoms with E-state index in [0.29, 0.717) is 11.3 Å². The van der Waals surface area contributed by atoms with Crippen molar-refractivity contribution in [2.75, 3.05) is 0 Å². The van der Waals surface area contributed by atoms with Gasteiger partial charge in [0.25, 0.3) is 5.56 Å². The van der Waals surface area contributed by atoms with E-state index in [-0.39, 0.29) is 41.7 Å². The molecule has 0 aliphatic rings. The van der Waals surface area contributed by atoms with E-state index in [0.717, 1.165) is 4.57 Å². The van der Waals surface area contributed by atoms with E-state index in [1.165, 1.54) is 12.1 Å². The molecule has 0 saturated carbocycles. The van der Waals surface area contributed by atoms with Gasteiger partial charge in [0.15, 0.2) is 0 Å². The average molecular weight is 386 g/mol. The number of rotatable bonds is 7. The predicted octanol–water partition coefficient (Wildman–Crippen LogP) is 2.92. The van der Waals surface area contributed by atoms with Crippen LogP contribution in [0.5, 0.6) is 11.6 Å². The molecule has 0 amide bonds. The van der Waals surface area contributed by atoms with Gasteiger partial charge in [0.05, 0.1) is 12.2 Å². The van der Waals surface area contributed by atoms with E-state index < -0.39 is 11.2 Å². The van der Waals surface area contributed by atoms with E-state index in [1.807, 2.05) is 0 Å². The first-order valence-electron chi connectivity index (χ1n) is 8.64. The Bertz CT molecular complexity index is 1060. The molecule has 7 nitrogen and oxygen atoms in total. The highest BCUT2D eigenvalue weighted by Crippen LogP contribution is 2.22. The monoisotopic (exact) mass is 386 g/mol. The first-order chi connectivity index (χ1) is 13.5. The molecular weight excluding hydrogens is 367 g/mol. The van der Waals surface area contributed by atoms with Gasteiger partial charge in [-0.1, -0.05) is 42.0 Å². The van der Waals surface area contributed by atoms with Gasteiger partial charge >= 0.3 is 5.69 Å². The summed E-state index contributed by atoms with van der Waals surface area (Å²) in [6.45, 7) is 1.54. The molecule has 0 aliphatic carbocycles. The van der Waals surface area contributed by atoms with Gasteiger partial charge < -0.3 is 14.7 Å². The van der Waals surface area contributed by atoms with Crippen LogP contribution in [0.25, 0.3) is 0 Å². The van der Waals surface area contributed by atoms with Gasteiger partial charge in [-0.3, -0.25) is 4.79 Å². The van der Waals surface area contributed by atoms with Crippen LogP contribution in [0.3, 0.4) is 0 Å². The van der Waals surface area contributed by atoms with E-state index in [4.69, 9.17) is 9.47 Å². The molecule has 146 valence electrons. The summed E-state index contributed by atoms with van der Waals surface area (Å²) < 4.78 is 25.4. The Balaban J connectivity index is 1.93. The summed E-state index contributed by atoms with van der Waals surface area (Å²) in [5, 5.41) is 9.85. The highest BCUT2D eigenvalue weighted by atomic mass is 19.1. The Kier molecular flexibility index (Phi) is 5.90. The van der Waals surface area contributed by atoms with Gasteiger partial charge in [-0.05, 0) is 36.2 Å². The predicted molar refractivity (Wildman–Crippen MR) is 99.2 cm³/mol. The highest BCUT2D eigenvalue weighted by Gasteiger charge is 2.20. The van der Waals surface area contributed by atoms with E-state index >= 15 is 0 Å². The van der Waals surface area contributed by atoms with Gasteiger partial charge in [0.2, 0.25) is 5.88 Å². The lowest BCUT2D eigenvalue weighted by atomic mass is 10.2. The maximum absolute atomic E-state index is 13.0. The van der Waals surface area contributed by atoms with Crippen LogP contribution >= 0.6 is 0 Å². The van der Waals surface area contributed by atoms with Gasteiger partial charge in [-0.25, -0.2) is 13.8 Å². The smallest absolute Gasteiger partial charge is 0.369 e. The molecule has 0 radical (unpaired) electrons. The van der Waals surface area contributed by atoms with Gasteiger partial charge in [-0.15, -0.1) is 0 Å². The Hall–Kier alpha value is -3.39. The lowest BCUT2D eigenvalue weighted by Crippen LogP contribution is -2.41. The second-order valence-corrected chi connectivity index (χ2v) is 5.98. The van der Waals surface area contributed by atoms with Crippen molar-refractivity contribution in [1.29, 1.82) is 0 Å². The van der Waals surface area contributed by atoms with Crippen molar-refractivity contribution in [2.24, 2.45) is 0 Å². The molecule has 0 unspecified atom stereocenters. The van der Waals surface area contributed by atoms with E-state index in [2.05, 4.69) is 0 Å².